The van der Waals surface area contributed by atoms with E-state index in [2.05, 4.69) is 27.8 Å². The molecule has 41 heavy (non-hydrogen) atoms. The fourth-order valence-corrected chi connectivity index (χ4v) is 4.67. The normalized spacial score (nSPS) is 13.2. The number of hydrogen-bond donors (Lipinski definition) is 2. The summed E-state index contributed by atoms with van der Waals surface area (Å²) in [5, 5.41) is 7.77. The second kappa shape index (κ2) is 12.7. The molecule has 4 rings (SSSR count). The van der Waals surface area contributed by atoms with Crippen LogP contribution in [0.4, 0.5) is 10.5 Å². The number of amides is 1. The van der Waals surface area contributed by atoms with Crippen molar-refractivity contribution in [3.63, 3.8) is 0 Å². The van der Waals surface area contributed by atoms with Crippen molar-refractivity contribution in [2.75, 3.05) is 19.7 Å². The standard InChI is InChI=1S/C32H40N4O5/c1-8-33-23-17-26-25(16-20(23)4)35-29-22-13-10-9-12-21(22)24(18-27(29)40-26)34-14-11-15-39-30(37)28(19(2)3)36-31(38)41-32(5,6)7/h9-10,12-13,16-19,28,34H,8,11,14-15H2,1-7H3,(H,36,38)/p+1. The van der Waals surface area contributed by atoms with Gasteiger partial charge in [0.1, 0.15) is 28.5 Å². The monoisotopic (exact) mass is 561 g/mol. The van der Waals surface area contributed by atoms with Crippen molar-refractivity contribution < 1.29 is 28.8 Å². The third-order valence-electron chi connectivity index (χ3n) is 6.62. The zero-order chi connectivity index (χ0) is 29.7. The van der Waals surface area contributed by atoms with Crippen molar-refractivity contribution in [1.82, 2.24) is 10.3 Å². The first kappa shape index (κ1) is 30.0. The molecule has 1 amide bonds. The van der Waals surface area contributed by atoms with E-state index in [0.717, 1.165) is 38.6 Å². The molecule has 2 aromatic rings. The van der Waals surface area contributed by atoms with E-state index in [0.29, 0.717) is 30.9 Å². The Morgan fingerprint density at radius 1 is 1.12 bits per heavy atom. The van der Waals surface area contributed by atoms with Crippen LogP contribution in [0, 0.1) is 12.8 Å². The van der Waals surface area contributed by atoms with Gasteiger partial charge in [0, 0.05) is 35.9 Å². The zero-order valence-corrected chi connectivity index (χ0v) is 25.0. The van der Waals surface area contributed by atoms with Gasteiger partial charge in [0.25, 0.3) is 0 Å². The number of rotatable bonds is 9. The van der Waals surface area contributed by atoms with E-state index in [1.54, 1.807) is 20.8 Å². The number of carbonyl (C=O) groups is 2. The predicted molar refractivity (Wildman–Crippen MR) is 159 cm³/mol. The summed E-state index contributed by atoms with van der Waals surface area (Å²) < 4.78 is 17.2. The number of esters is 1. The fraction of sp³-hybridized carbons (Fsp3) is 0.438. The van der Waals surface area contributed by atoms with Gasteiger partial charge in [0.15, 0.2) is 11.3 Å². The highest BCUT2D eigenvalue weighted by Crippen LogP contribution is 2.32. The summed E-state index contributed by atoms with van der Waals surface area (Å²) in [7, 11) is 0. The molecule has 0 bridgehead atoms. The number of benzene rings is 3. The first-order valence-electron chi connectivity index (χ1n) is 14.2. The second-order valence-electron chi connectivity index (χ2n) is 11.5. The van der Waals surface area contributed by atoms with Gasteiger partial charge in [0.2, 0.25) is 0 Å². The Labute approximate surface area is 240 Å². The van der Waals surface area contributed by atoms with Gasteiger partial charge in [-0.15, -0.1) is 0 Å². The minimum absolute atomic E-state index is 0.144. The summed E-state index contributed by atoms with van der Waals surface area (Å²) in [6.45, 7) is 14.7. The van der Waals surface area contributed by atoms with Crippen LogP contribution in [0.1, 0.15) is 53.5 Å². The topological polar surface area (TPSA) is 120 Å². The van der Waals surface area contributed by atoms with Crippen LogP contribution in [0.5, 0.6) is 0 Å². The van der Waals surface area contributed by atoms with Gasteiger partial charge in [-0.3, -0.25) is 4.99 Å². The fourth-order valence-electron chi connectivity index (χ4n) is 4.67. The molecule has 1 atom stereocenters. The second-order valence-corrected chi connectivity index (χ2v) is 11.5. The van der Waals surface area contributed by atoms with Crippen molar-refractivity contribution in [3.05, 3.63) is 53.4 Å². The number of nitrogens with one attached hydrogen (secondary N) is 1. The summed E-state index contributed by atoms with van der Waals surface area (Å²) in [5.41, 5.74) is 3.76. The Bertz CT molecular complexity index is 1590. The smallest absolute Gasteiger partial charge is 0.408 e. The van der Waals surface area contributed by atoms with Crippen LogP contribution in [0.15, 0.2) is 51.9 Å². The molecule has 9 nitrogen and oxygen atoms in total. The van der Waals surface area contributed by atoms with Crippen molar-refractivity contribution in [2.24, 2.45) is 10.9 Å². The van der Waals surface area contributed by atoms with Crippen LogP contribution in [-0.2, 0) is 14.3 Å². The average Bonchev–Trinajstić information content (AvgIpc) is 2.90. The van der Waals surface area contributed by atoms with E-state index < -0.39 is 23.7 Å². The van der Waals surface area contributed by atoms with Crippen LogP contribution in [0.2, 0.25) is 0 Å². The van der Waals surface area contributed by atoms with Crippen molar-refractivity contribution in [2.45, 2.75) is 66.5 Å². The predicted octanol–water partition coefficient (Wildman–Crippen LogP) is 4.99. The average molecular weight is 562 g/mol. The van der Waals surface area contributed by atoms with E-state index in [1.165, 1.54) is 0 Å². The highest BCUT2D eigenvalue weighted by molar-refractivity contribution is 6.08. The number of aromatic nitrogens is 1. The van der Waals surface area contributed by atoms with Crippen LogP contribution < -0.4 is 16.0 Å². The maximum absolute atomic E-state index is 12.7. The minimum Gasteiger partial charge on any atom is -0.464 e. The number of nitrogens with zero attached hydrogens (tertiary/aromatic N) is 2. The molecule has 218 valence electrons. The molecule has 1 unspecified atom stereocenters. The lowest BCUT2D eigenvalue weighted by molar-refractivity contribution is -0.570. The Kier molecular flexibility index (Phi) is 9.28. The van der Waals surface area contributed by atoms with E-state index in [-0.39, 0.29) is 12.5 Å². The highest BCUT2D eigenvalue weighted by atomic mass is 16.6. The van der Waals surface area contributed by atoms with Crippen LogP contribution >= 0.6 is 0 Å². The van der Waals surface area contributed by atoms with Crippen LogP contribution in [0.3, 0.4) is 0 Å². The number of quaternary nitrogens is 1. The third-order valence-corrected chi connectivity index (χ3v) is 6.62. The van der Waals surface area contributed by atoms with Crippen LogP contribution in [-0.4, -0.2) is 48.4 Å². The minimum atomic E-state index is -0.781. The summed E-state index contributed by atoms with van der Waals surface area (Å²) in [6, 6.07) is 13.4. The molecule has 1 aliphatic carbocycles. The van der Waals surface area contributed by atoms with E-state index >= 15 is 0 Å². The molecule has 0 saturated heterocycles. The number of fused-ring (bicyclic) bond motifs is 4. The molecule has 2 aromatic carbocycles. The van der Waals surface area contributed by atoms with Gasteiger partial charge < -0.3 is 24.5 Å². The first-order valence-corrected chi connectivity index (χ1v) is 14.2. The first-order chi connectivity index (χ1) is 19.5. The maximum Gasteiger partial charge on any atom is 0.408 e. The third kappa shape index (κ3) is 7.41. The largest absolute Gasteiger partial charge is 0.464 e. The van der Waals surface area contributed by atoms with E-state index in [4.69, 9.17) is 18.9 Å². The van der Waals surface area contributed by atoms with Crippen LogP contribution in [0.25, 0.3) is 33.3 Å². The van der Waals surface area contributed by atoms with Gasteiger partial charge in [0.05, 0.1) is 18.5 Å². The Morgan fingerprint density at radius 2 is 1.85 bits per heavy atom. The molecule has 0 saturated carbocycles. The van der Waals surface area contributed by atoms with Gasteiger partial charge >= 0.3 is 12.1 Å². The molecule has 1 aliphatic heterocycles. The lowest BCUT2D eigenvalue weighted by atomic mass is 10.1. The summed E-state index contributed by atoms with van der Waals surface area (Å²) in [4.78, 5) is 34.4. The molecule has 0 fully saturated rings. The molecule has 0 aromatic heterocycles. The molecule has 0 radical (unpaired) electrons. The Hall–Kier alpha value is -3.98. The maximum atomic E-state index is 12.7. The summed E-state index contributed by atoms with van der Waals surface area (Å²) in [5.74, 6) is 0.0842. The molecular weight excluding hydrogens is 520 g/mol. The zero-order valence-electron chi connectivity index (χ0n) is 25.0. The molecular formula is C32H41N4O5+. The van der Waals surface area contributed by atoms with Gasteiger partial charge in [-0.25, -0.2) is 14.6 Å². The Balaban J connectivity index is 1.46. The number of hydrogen-bond acceptors (Lipinski definition) is 7. The van der Waals surface area contributed by atoms with Crippen molar-refractivity contribution >= 4 is 39.6 Å². The van der Waals surface area contributed by atoms with Gasteiger partial charge in [-0.1, -0.05) is 32.0 Å². The quantitative estimate of drug-likeness (QED) is 0.0977. The number of alkyl carbamates (subject to hydrolysis) is 1. The van der Waals surface area contributed by atoms with E-state index in [9.17, 15) is 9.59 Å². The number of ether oxygens (including phenoxy) is 2. The Morgan fingerprint density at radius 3 is 2.54 bits per heavy atom. The molecule has 1 heterocycles. The molecule has 2 aliphatic rings. The highest BCUT2D eigenvalue weighted by Gasteiger charge is 2.28. The van der Waals surface area contributed by atoms with Crippen molar-refractivity contribution in [3.8, 4) is 11.5 Å². The number of aryl methyl sites for hydroxylation is 1. The summed E-state index contributed by atoms with van der Waals surface area (Å²) in [6.07, 6.45) is -0.00708. The summed E-state index contributed by atoms with van der Waals surface area (Å²) >= 11 is 0. The number of nitrogens with two attached hydrogens (primary N) is 1. The van der Waals surface area contributed by atoms with Crippen molar-refractivity contribution in [1.29, 1.82) is 0 Å². The number of carbonyl (C=O) groups excluding carboxylic acids is 2. The SMILES string of the molecule is CCN=c1cc2oc3cc([NH2+]CCCOC(=O)C(NC(=O)OC(C)(C)C)C(C)C)c4ccccc4c3nc-2cc1C. The lowest BCUT2D eigenvalue weighted by Crippen LogP contribution is -2.78. The molecule has 3 N–H and O–H groups in total. The van der Waals surface area contributed by atoms with Gasteiger partial charge in [-0.05, 0) is 58.2 Å². The van der Waals surface area contributed by atoms with E-state index in [1.807, 2.05) is 58.0 Å². The van der Waals surface area contributed by atoms with Gasteiger partial charge in [-0.2, -0.15) is 0 Å². The lowest BCUT2D eigenvalue weighted by Gasteiger charge is -2.24. The molecule has 9 heteroatoms. The molecule has 0 spiro atoms.